The Morgan fingerprint density at radius 3 is 2.33 bits per heavy atom. The number of halogens is 1. The first kappa shape index (κ1) is 16.7. The lowest BCUT2D eigenvalue weighted by molar-refractivity contribution is -0.127. The Kier molecular flexibility index (Phi) is 5.68. The summed E-state index contributed by atoms with van der Waals surface area (Å²) in [6, 6.07) is 18.0. The highest BCUT2D eigenvalue weighted by Crippen LogP contribution is 2.16. The van der Waals surface area contributed by atoms with Gasteiger partial charge in [0.15, 0.2) is 0 Å². The summed E-state index contributed by atoms with van der Waals surface area (Å²) < 4.78 is 0. The molecule has 3 nitrogen and oxygen atoms in total. The van der Waals surface area contributed by atoms with E-state index in [9.17, 15) is 4.79 Å². The van der Waals surface area contributed by atoms with Gasteiger partial charge in [0.05, 0.1) is 0 Å². The third kappa shape index (κ3) is 4.47. The second kappa shape index (κ2) is 8.13. The van der Waals surface area contributed by atoms with Crippen LogP contribution in [0.1, 0.15) is 11.1 Å². The number of piperazine rings is 1. The highest BCUT2D eigenvalue weighted by atomic mass is 35.5. The van der Waals surface area contributed by atoms with Crippen LogP contribution in [-0.4, -0.2) is 41.9 Å². The summed E-state index contributed by atoms with van der Waals surface area (Å²) in [4.78, 5) is 16.6. The van der Waals surface area contributed by atoms with Crippen molar-refractivity contribution < 1.29 is 4.79 Å². The van der Waals surface area contributed by atoms with E-state index in [1.807, 2.05) is 35.2 Å². The van der Waals surface area contributed by atoms with Gasteiger partial charge in [0.2, 0.25) is 5.91 Å². The molecule has 0 atom stereocenters. The smallest absolute Gasteiger partial charge is 0.246 e. The van der Waals surface area contributed by atoms with Crippen molar-refractivity contribution in [3.8, 4) is 0 Å². The van der Waals surface area contributed by atoms with Crippen LogP contribution in [0.2, 0.25) is 5.02 Å². The third-order valence-electron chi connectivity index (χ3n) is 4.24. The fourth-order valence-corrected chi connectivity index (χ4v) is 3.04. The van der Waals surface area contributed by atoms with E-state index >= 15 is 0 Å². The fourth-order valence-electron chi connectivity index (χ4n) is 2.84. The molecular formula is C20H21ClN2O. The van der Waals surface area contributed by atoms with E-state index in [1.54, 1.807) is 12.2 Å². The minimum atomic E-state index is 0.0503. The Labute approximate surface area is 148 Å². The summed E-state index contributed by atoms with van der Waals surface area (Å²) in [5, 5.41) is 0.661. The van der Waals surface area contributed by atoms with E-state index in [4.69, 9.17) is 11.6 Å². The van der Waals surface area contributed by atoms with Crippen molar-refractivity contribution in [3.05, 3.63) is 76.8 Å². The molecule has 1 saturated heterocycles. The Balaban J connectivity index is 1.51. The van der Waals surface area contributed by atoms with Gasteiger partial charge in [-0.05, 0) is 23.3 Å². The first-order valence-electron chi connectivity index (χ1n) is 8.20. The predicted octanol–water partition coefficient (Wildman–Crippen LogP) is 3.70. The summed E-state index contributed by atoms with van der Waals surface area (Å²) in [7, 11) is 0. The lowest BCUT2D eigenvalue weighted by Crippen LogP contribution is -2.47. The van der Waals surface area contributed by atoms with Gasteiger partial charge in [0, 0.05) is 43.8 Å². The number of hydrogen-bond donors (Lipinski definition) is 0. The van der Waals surface area contributed by atoms with E-state index in [1.165, 1.54) is 5.56 Å². The Morgan fingerprint density at radius 1 is 0.958 bits per heavy atom. The topological polar surface area (TPSA) is 23.6 Å². The maximum Gasteiger partial charge on any atom is 0.246 e. The van der Waals surface area contributed by atoms with Crippen molar-refractivity contribution in [3.63, 3.8) is 0 Å². The number of benzene rings is 2. The molecule has 0 radical (unpaired) electrons. The van der Waals surface area contributed by atoms with Crippen molar-refractivity contribution in [1.29, 1.82) is 0 Å². The highest BCUT2D eigenvalue weighted by Gasteiger charge is 2.19. The molecule has 4 heteroatoms. The minimum absolute atomic E-state index is 0.0503. The van der Waals surface area contributed by atoms with Gasteiger partial charge in [0.1, 0.15) is 0 Å². The van der Waals surface area contributed by atoms with Gasteiger partial charge >= 0.3 is 0 Å². The van der Waals surface area contributed by atoms with Crippen LogP contribution >= 0.6 is 11.6 Å². The average Bonchev–Trinajstić information content (AvgIpc) is 2.62. The molecule has 0 bridgehead atoms. The first-order chi connectivity index (χ1) is 11.7. The lowest BCUT2D eigenvalue weighted by Gasteiger charge is -2.34. The molecule has 2 aromatic carbocycles. The predicted molar refractivity (Wildman–Crippen MR) is 98.8 cm³/mol. The van der Waals surface area contributed by atoms with Gasteiger partial charge in [-0.3, -0.25) is 9.69 Å². The molecule has 124 valence electrons. The summed E-state index contributed by atoms with van der Waals surface area (Å²) in [6.45, 7) is 4.27. The SMILES string of the molecule is O=C(/C=C/c1ccccc1Cl)N1CCN(Cc2ccccc2)CC1. The van der Waals surface area contributed by atoms with E-state index in [-0.39, 0.29) is 5.91 Å². The van der Waals surface area contributed by atoms with Gasteiger partial charge in [-0.2, -0.15) is 0 Å². The van der Waals surface area contributed by atoms with E-state index in [2.05, 4.69) is 29.2 Å². The molecule has 1 heterocycles. The minimum Gasteiger partial charge on any atom is -0.337 e. The van der Waals surface area contributed by atoms with Crippen LogP contribution in [0.4, 0.5) is 0 Å². The van der Waals surface area contributed by atoms with Crippen LogP contribution in [0.3, 0.4) is 0 Å². The second-order valence-corrected chi connectivity index (χ2v) is 6.35. The van der Waals surface area contributed by atoms with Gasteiger partial charge in [-0.15, -0.1) is 0 Å². The Bertz CT molecular complexity index is 707. The zero-order valence-electron chi connectivity index (χ0n) is 13.6. The Hall–Kier alpha value is -2.10. The molecule has 0 N–H and O–H groups in total. The van der Waals surface area contributed by atoms with Crippen LogP contribution in [-0.2, 0) is 11.3 Å². The quantitative estimate of drug-likeness (QED) is 0.792. The number of carbonyl (C=O) groups is 1. The Morgan fingerprint density at radius 2 is 1.62 bits per heavy atom. The maximum atomic E-state index is 12.3. The number of carbonyl (C=O) groups excluding carboxylic acids is 1. The van der Waals surface area contributed by atoms with Gasteiger partial charge in [-0.1, -0.05) is 60.1 Å². The molecule has 2 aromatic rings. The number of hydrogen-bond acceptors (Lipinski definition) is 2. The van der Waals surface area contributed by atoms with Crippen LogP contribution in [0.25, 0.3) is 6.08 Å². The monoisotopic (exact) mass is 340 g/mol. The second-order valence-electron chi connectivity index (χ2n) is 5.94. The summed E-state index contributed by atoms with van der Waals surface area (Å²) >= 11 is 6.11. The molecule has 1 aliphatic rings. The maximum absolute atomic E-state index is 12.3. The summed E-state index contributed by atoms with van der Waals surface area (Å²) in [5.41, 5.74) is 2.19. The van der Waals surface area contributed by atoms with Crippen molar-refractivity contribution >= 4 is 23.6 Å². The third-order valence-corrected chi connectivity index (χ3v) is 4.59. The van der Waals surface area contributed by atoms with Crippen LogP contribution in [0.15, 0.2) is 60.7 Å². The largest absolute Gasteiger partial charge is 0.337 e. The van der Waals surface area contributed by atoms with Gasteiger partial charge in [0.25, 0.3) is 0 Å². The van der Waals surface area contributed by atoms with E-state index in [0.717, 1.165) is 38.3 Å². The standard InChI is InChI=1S/C20H21ClN2O/c21-19-9-5-4-8-18(19)10-11-20(24)23-14-12-22(13-15-23)16-17-6-2-1-3-7-17/h1-11H,12-16H2/b11-10+. The molecular weight excluding hydrogens is 320 g/mol. The van der Waals surface area contributed by atoms with Crippen molar-refractivity contribution in [2.24, 2.45) is 0 Å². The highest BCUT2D eigenvalue weighted by molar-refractivity contribution is 6.32. The van der Waals surface area contributed by atoms with Crippen molar-refractivity contribution in [1.82, 2.24) is 9.80 Å². The van der Waals surface area contributed by atoms with Crippen LogP contribution in [0.5, 0.6) is 0 Å². The van der Waals surface area contributed by atoms with Crippen molar-refractivity contribution in [2.45, 2.75) is 6.54 Å². The fraction of sp³-hybridized carbons (Fsp3) is 0.250. The van der Waals surface area contributed by atoms with E-state index in [0.29, 0.717) is 5.02 Å². The van der Waals surface area contributed by atoms with E-state index < -0.39 is 0 Å². The summed E-state index contributed by atoms with van der Waals surface area (Å²) in [5.74, 6) is 0.0503. The average molecular weight is 341 g/mol. The summed E-state index contributed by atoms with van der Waals surface area (Å²) in [6.07, 6.45) is 3.41. The normalized spacial score (nSPS) is 15.8. The number of rotatable bonds is 4. The molecule has 0 aromatic heterocycles. The zero-order valence-corrected chi connectivity index (χ0v) is 14.3. The van der Waals surface area contributed by atoms with Gasteiger partial charge in [-0.25, -0.2) is 0 Å². The molecule has 1 aliphatic heterocycles. The molecule has 0 spiro atoms. The van der Waals surface area contributed by atoms with Crippen LogP contribution in [0, 0.1) is 0 Å². The number of amides is 1. The molecule has 3 rings (SSSR count). The molecule has 1 amide bonds. The molecule has 0 unspecified atom stereocenters. The number of nitrogens with zero attached hydrogens (tertiary/aromatic N) is 2. The molecule has 0 aliphatic carbocycles. The molecule has 1 fully saturated rings. The van der Waals surface area contributed by atoms with Crippen molar-refractivity contribution in [2.75, 3.05) is 26.2 Å². The molecule has 24 heavy (non-hydrogen) atoms. The zero-order chi connectivity index (χ0) is 16.8. The van der Waals surface area contributed by atoms with Crippen LogP contribution < -0.4 is 0 Å². The first-order valence-corrected chi connectivity index (χ1v) is 8.58. The lowest BCUT2D eigenvalue weighted by atomic mass is 10.2. The van der Waals surface area contributed by atoms with Gasteiger partial charge < -0.3 is 4.90 Å². The molecule has 0 saturated carbocycles.